The van der Waals surface area contributed by atoms with E-state index in [2.05, 4.69) is 36.0 Å². The average Bonchev–Trinajstić information content (AvgIpc) is 3.64. The van der Waals surface area contributed by atoms with Gasteiger partial charge in [0.25, 0.3) is 5.91 Å². The van der Waals surface area contributed by atoms with Crippen LogP contribution in [0.2, 0.25) is 0 Å². The van der Waals surface area contributed by atoms with Gasteiger partial charge in [0.2, 0.25) is 0 Å². The Morgan fingerprint density at radius 2 is 1.91 bits per heavy atom. The Bertz CT molecular complexity index is 1730. The van der Waals surface area contributed by atoms with E-state index in [1.165, 1.54) is 11.2 Å². The fraction of sp³-hybridized carbons (Fsp3) is 0.448. The maximum Gasteiger partial charge on any atom is 0.436 e. The number of hydrogen-bond acceptors (Lipinski definition) is 8. The van der Waals surface area contributed by atoms with Gasteiger partial charge in [0.1, 0.15) is 17.5 Å². The number of nitrogens with zero attached hydrogens (tertiary/aromatic N) is 8. The van der Waals surface area contributed by atoms with Gasteiger partial charge in [-0.2, -0.15) is 23.5 Å². The van der Waals surface area contributed by atoms with Crippen molar-refractivity contribution in [3.63, 3.8) is 0 Å². The lowest BCUT2D eigenvalue weighted by Gasteiger charge is -2.59. The number of H-pyrrole nitrogens is 1. The maximum atomic E-state index is 14.7. The first-order valence-electron chi connectivity index (χ1n) is 13.7. The van der Waals surface area contributed by atoms with Crippen molar-refractivity contribution >= 4 is 16.9 Å². The average molecular weight is 612 g/mol. The highest BCUT2D eigenvalue weighted by Crippen LogP contribution is 2.42. The maximum absolute atomic E-state index is 14.7. The summed E-state index contributed by atoms with van der Waals surface area (Å²) >= 11 is 0. The molecule has 11 nitrogen and oxygen atoms in total. The van der Waals surface area contributed by atoms with E-state index >= 15 is 0 Å². The molecule has 230 valence electrons. The molecule has 7 rings (SSSR count). The van der Waals surface area contributed by atoms with E-state index < -0.39 is 34.7 Å². The van der Waals surface area contributed by atoms with E-state index in [0.29, 0.717) is 32.0 Å². The number of hydrogen-bond donors (Lipinski definition) is 1. The topological polar surface area (TPSA) is 129 Å². The fourth-order valence-electron chi connectivity index (χ4n) is 6.87. The number of nitriles is 1. The van der Waals surface area contributed by atoms with Crippen LogP contribution < -0.4 is 0 Å². The number of alkyl halides is 3. The summed E-state index contributed by atoms with van der Waals surface area (Å²) in [7, 11) is 0. The van der Waals surface area contributed by atoms with Gasteiger partial charge in [0, 0.05) is 73.6 Å². The standard InChI is InChI=1S/C28H25F4N9O2.CH4/c29-21-19(1-5-34-24(21)28(30,31)32)26(42)39-8-17-11-43-12-18(9-39)23(17)40-13-27(14-40,3-4-33)41-10-16(7-38-41)22-20-2-6-35-25(20)37-15-36-22;/h1-2,5-7,10,15,17-18,23H,3,8-9,11-14H2,(H,35,36,37);1H4. The number of aromatic amines is 1. The summed E-state index contributed by atoms with van der Waals surface area (Å²) < 4.78 is 61.9. The molecule has 0 aliphatic carbocycles. The first-order valence-corrected chi connectivity index (χ1v) is 13.7. The lowest BCUT2D eigenvalue weighted by Crippen LogP contribution is -2.72. The molecule has 3 aliphatic heterocycles. The highest BCUT2D eigenvalue weighted by Gasteiger charge is 2.54. The molecular formula is C29H29F4N9O2. The zero-order valence-corrected chi connectivity index (χ0v) is 22.6. The smallest absolute Gasteiger partial charge is 0.381 e. The Balaban J connectivity index is 0.00000343. The van der Waals surface area contributed by atoms with Crippen LogP contribution in [0.4, 0.5) is 17.6 Å². The molecule has 2 unspecified atom stereocenters. The lowest BCUT2D eigenvalue weighted by molar-refractivity contribution is -0.143. The zero-order chi connectivity index (χ0) is 29.9. The molecule has 15 heteroatoms. The lowest BCUT2D eigenvalue weighted by atomic mass is 9.76. The fourth-order valence-corrected chi connectivity index (χ4v) is 6.87. The number of aromatic nitrogens is 6. The molecule has 1 amide bonds. The summed E-state index contributed by atoms with van der Waals surface area (Å²) in [6.45, 7) is 2.21. The van der Waals surface area contributed by atoms with Crippen LogP contribution in [0.25, 0.3) is 22.3 Å². The number of carbonyl (C=O) groups is 1. The number of nitrogens with one attached hydrogen (secondary N) is 1. The molecule has 3 aliphatic rings. The van der Waals surface area contributed by atoms with Crippen molar-refractivity contribution in [2.75, 3.05) is 39.4 Å². The van der Waals surface area contributed by atoms with E-state index in [1.807, 2.05) is 16.9 Å². The number of halogens is 4. The molecule has 44 heavy (non-hydrogen) atoms. The van der Waals surface area contributed by atoms with Gasteiger partial charge in [-0.05, 0) is 12.1 Å². The van der Waals surface area contributed by atoms with E-state index in [1.54, 1.807) is 12.4 Å². The Morgan fingerprint density at radius 1 is 1.16 bits per heavy atom. The summed E-state index contributed by atoms with van der Waals surface area (Å²) in [4.78, 5) is 31.7. The molecule has 7 heterocycles. The number of pyridine rings is 1. The minimum Gasteiger partial charge on any atom is -0.381 e. The monoisotopic (exact) mass is 611 g/mol. The van der Waals surface area contributed by atoms with Gasteiger partial charge < -0.3 is 14.6 Å². The molecular weight excluding hydrogens is 582 g/mol. The van der Waals surface area contributed by atoms with Crippen LogP contribution in [-0.2, 0) is 16.5 Å². The highest BCUT2D eigenvalue weighted by molar-refractivity contribution is 5.94. The van der Waals surface area contributed by atoms with Crippen molar-refractivity contribution in [3.05, 3.63) is 60.3 Å². The molecule has 0 spiro atoms. The number of fused-ring (bicyclic) bond motifs is 3. The number of rotatable bonds is 5. The summed E-state index contributed by atoms with van der Waals surface area (Å²) in [6, 6.07) is 5.20. The second kappa shape index (κ2) is 10.9. The molecule has 0 saturated carbocycles. The molecule has 4 aromatic rings. The minimum atomic E-state index is -5.01. The molecule has 2 bridgehead atoms. The van der Waals surface area contributed by atoms with Gasteiger partial charge >= 0.3 is 6.18 Å². The van der Waals surface area contributed by atoms with Gasteiger partial charge in [0.15, 0.2) is 11.5 Å². The quantitative estimate of drug-likeness (QED) is 0.338. The predicted octanol–water partition coefficient (Wildman–Crippen LogP) is 3.72. The molecule has 2 atom stereocenters. The third-order valence-corrected chi connectivity index (χ3v) is 8.74. The molecule has 3 fully saturated rings. The highest BCUT2D eigenvalue weighted by atomic mass is 19.4. The van der Waals surface area contributed by atoms with E-state index in [4.69, 9.17) is 4.74 Å². The van der Waals surface area contributed by atoms with E-state index in [9.17, 15) is 27.6 Å². The number of piperidine rings is 1. The largest absolute Gasteiger partial charge is 0.436 e. The van der Waals surface area contributed by atoms with Gasteiger partial charge in [0.05, 0.1) is 43.2 Å². The van der Waals surface area contributed by atoms with Crippen LogP contribution in [0.5, 0.6) is 0 Å². The first-order chi connectivity index (χ1) is 20.7. The second-order valence-electron chi connectivity index (χ2n) is 11.4. The van der Waals surface area contributed by atoms with Crippen molar-refractivity contribution in [1.29, 1.82) is 5.26 Å². The number of ether oxygens (including phenoxy) is 1. The molecule has 0 aromatic carbocycles. The van der Waals surface area contributed by atoms with Crippen LogP contribution in [0.15, 0.2) is 43.2 Å². The van der Waals surface area contributed by atoms with E-state index in [-0.39, 0.29) is 44.8 Å². The van der Waals surface area contributed by atoms with Crippen LogP contribution in [0, 0.1) is 29.0 Å². The van der Waals surface area contributed by atoms with Gasteiger partial charge in [-0.3, -0.25) is 14.4 Å². The number of amides is 1. The normalized spacial score (nSPS) is 23.1. The Hall–Kier alpha value is -4.42. The number of carbonyl (C=O) groups excluding carboxylic acids is 1. The van der Waals surface area contributed by atoms with Crippen molar-refractivity contribution in [2.24, 2.45) is 11.8 Å². The van der Waals surface area contributed by atoms with Gasteiger partial charge in [-0.25, -0.2) is 19.3 Å². The van der Waals surface area contributed by atoms with Crippen molar-refractivity contribution in [3.8, 4) is 17.3 Å². The Morgan fingerprint density at radius 3 is 2.61 bits per heavy atom. The minimum absolute atomic E-state index is 0. The zero-order valence-electron chi connectivity index (χ0n) is 22.6. The summed E-state index contributed by atoms with van der Waals surface area (Å²) in [6.07, 6.45) is 2.93. The molecule has 0 radical (unpaired) electrons. The van der Waals surface area contributed by atoms with E-state index in [0.717, 1.165) is 28.9 Å². The second-order valence-corrected chi connectivity index (χ2v) is 11.4. The third kappa shape index (κ3) is 4.78. The van der Waals surface area contributed by atoms with Crippen LogP contribution >= 0.6 is 0 Å². The predicted molar refractivity (Wildman–Crippen MR) is 148 cm³/mol. The molecule has 3 saturated heterocycles. The molecule has 1 N–H and O–H groups in total. The van der Waals surface area contributed by atoms with Crippen LogP contribution in [0.3, 0.4) is 0 Å². The first kappa shape index (κ1) is 29.6. The van der Waals surface area contributed by atoms with Crippen molar-refractivity contribution in [2.45, 2.75) is 31.6 Å². The molecule has 4 aromatic heterocycles. The van der Waals surface area contributed by atoms with Gasteiger partial charge in [-0.15, -0.1) is 0 Å². The summed E-state index contributed by atoms with van der Waals surface area (Å²) in [5, 5.41) is 15.2. The van der Waals surface area contributed by atoms with Crippen molar-refractivity contribution < 1.29 is 27.1 Å². The SMILES string of the molecule is C.N#CCC1(n2cc(-c3ncnc4[nH]ccc34)cn2)CN(C2C3COCC2CN(C(=O)c2ccnc(C(F)(F)F)c2F)C3)C1. The summed E-state index contributed by atoms with van der Waals surface area (Å²) in [5.41, 5.74) is -0.662. The third-order valence-electron chi connectivity index (χ3n) is 8.74. The number of likely N-dealkylation sites (tertiary alicyclic amines) is 2. The van der Waals surface area contributed by atoms with Crippen LogP contribution in [-0.4, -0.2) is 90.9 Å². The Labute approximate surface area is 249 Å². The van der Waals surface area contributed by atoms with Crippen molar-refractivity contribution in [1.82, 2.24) is 39.5 Å². The van der Waals surface area contributed by atoms with Crippen LogP contribution in [0.1, 0.15) is 29.9 Å². The summed E-state index contributed by atoms with van der Waals surface area (Å²) in [5.74, 6) is -2.74. The Kier molecular flexibility index (Phi) is 7.37. The van der Waals surface area contributed by atoms with Gasteiger partial charge in [-0.1, -0.05) is 7.43 Å².